The largest absolute Gasteiger partial charge is 0.387 e. The van der Waals surface area contributed by atoms with Crippen LogP contribution in [0.4, 0.5) is 0 Å². The van der Waals surface area contributed by atoms with Gasteiger partial charge in [-0.3, -0.25) is 0 Å². The number of nitrogens with two attached hydrogens (primary N) is 1. The third-order valence-corrected chi connectivity index (χ3v) is 3.70. The standard InChI is InChI=1S/C10H19NO3/c11-6-9(3-5-14-7-9)10(12)2-1-4-13-8-10/h12H,1-8,11H2. The predicted molar refractivity (Wildman–Crippen MR) is 51.9 cm³/mol. The van der Waals surface area contributed by atoms with Gasteiger partial charge in [0.2, 0.25) is 0 Å². The van der Waals surface area contributed by atoms with E-state index in [4.69, 9.17) is 15.2 Å². The third kappa shape index (κ3) is 1.46. The fourth-order valence-corrected chi connectivity index (χ4v) is 2.52. The molecule has 2 fully saturated rings. The molecule has 14 heavy (non-hydrogen) atoms. The van der Waals surface area contributed by atoms with Crippen LogP contribution in [0.25, 0.3) is 0 Å². The summed E-state index contributed by atoms with van der Waals surface area (Å²) in [5.74, 6) is 0. The van der Waals surface area contributed by atoms with Gasteiger partial charge >= 0.3 is 0 Å². The molecular weight excluding hydrogens is 182 g/mol. The topological polar surface area (TPSA) is 64.7 Å². The fourth-order valence-electron chi connectivity index (χ4n) is 2.52. The lowest BCUT2D eigenvalue weighted by Crippen LogP contribution is -2.57. The van der Waals surface area contributed by atoms with E-state index in [1.165, 1.54) is 0 Å². The SMILES string of the molecule is NCC1(C2(O)CCCOC2)CCOC1. The molecule has 0 aromatic heterocycles. The van der Waals surface area contributed by atoms with Crippen LogP contribution in [0, 0.1) is 5.41 Å². The lowest BCUT2D eigenvalue weighted by Gasteiger charge is -2.45. The highest BCUT2D eigenvalue weighted by Gasteiger charge is 2.52. The van der Waals surface area contributed by atoms with Gasteiger partial charge in [-0.1, -0.05) is 0 Å². The Morgan fingerprint density at radius 3 is 2.43 bits per heavy atom. The lowest BCUT2D eigenvalue weighted by molar-refractivity contribution is -0.158. The first kappa shape index (κ1) is 10.4. The summed E-state index contributed by atoms with van der Waals surface area (Å²) in [4.78, 5) is 0. The van der Waals surface area contributed by atoms with E-state index in [0.717, 1.165) is 25.9 Å². The normalized spacial score (nSPS) is 44.1. The molecule has 2 rings (SSSR count). The van der Waals surface area contributed by atoms with E-state index in [-0.39, 0.29) is 5.41 Å². The summed E-state index contributed by atoms with van der Waals surface area (Å²) in [6.45, 7) is 2.92. The van der Waals surface area contributed by atoms with Crippen molar-refractivity contribution in [3.8, 4) is 0 Å². The minimum Gasteiger partial charge on any atom is -0.387 e. The monoisotopic (exact) mass is 201 g/mol. The highest BCUT2D eigenvalue weighted by atomic mass is 16.5. The van der Waals surface area contributed by atoms with Crippen LogP contribution < -0.4 is 5.73 Å². The molecule has 0 spiro atoms. The van der Waals surface area contributed by atoms with Crippen molar-refractivity contribution >= 4 is 0 Å². The van der Waals surface area contributed by atoms with Crippen molar-refractivity contribution in [1.29, 1.82) is 0 Å². The van der Waals surface area contributed by atoms with Gasteiger partial charge in [-0.25, -0.2) is 0 Å². The molecule has 3 N–H and O–H groups in total. The molecule has 0 bridgehead atoms. The van der Waals surface area contributed by atoms with Gasteiger partial charge < -0.3 is 20.3 Å². The molecule has 0 aliphatic carbocycles. The van der Waals surface area contributed by atoms with E-state index in [2.05, 4.69) is 0 Å². The Bertz CT molecular complexity index is 196. The van der Waals surface area contributed by atoms with Crippen LogP contribution in [-0.2, 0) is 9.47 Å². The maximum absolute atomic E-state index is 10.5. The number of aliphatic hydroxyl groups is 1. The Labute approximate surface area is 84.4 Å². The zero-order valence-electron chi connectivity index (χ0n) is 8.50. The van der Waals surface area contributed by atoms with Crippen molar-refractivity contribution in [3.05, 3.63) is 0 Å². The number of ether oxygens (including phenoxy) is 2. The van der Waals surface area contributed by atoms with Crippen LogP contribution in [0.15, 0.2) is 0 Å². The van der Waals surface area contributed by atoms with Crippen LogP contribution in [0.1, 0.15) is 19.3 Å². The molecule has 2 unspecified atom stereocenters. The Morgan fingerprint density at radius 1 is 1.14 bits per heavy atom. The van der Waals surface area contributed by atoms with E-state index in [1.54, 1.807) is 0 Å². The van der Waals surface area contributed by atoms with Crippen molar-refractivity contribution in [2.75, 3.05) is 33.0 Å². The summed E-state index contributed by atoms with van der Waals surface area (Å²) >= 11 is 0. The summed E-state index contributed by atoms with van der Waals surface area (Å²) < 4.78 is 10.7. The van der Waals surface area contributed by atoms with Crippen molar-refractivity contribution in [2.45, 2.75) is 24.9 Å². The molecule has 82 valence electrons. The minimum absolute atomic E-state index is 0.270. The summed E-state index contributed by atoms with van der Waals surface area (Å²) in [6, 6.07) is 0. The van der Waals surface area contributed by atoms with Crippen LogP contribution in [0.3, 0.4) is 0 Å². The van der Waals surface area contributed by atoms with E-state index in [0.29, 0.717) is 26.4 Å². The summed E-state index contributed by atoms with van der Waals surface area (Å²) in [5.41, 5.74) is 4.75. The molecule has 2 aliphatic heterocycles. The summed E-state index contributed by atoms with van der Waals surface area (Å²) in [6.07, 6.45) is 2.55. The van der Waals surface area contributed by atoms with Crippen LogP contribution in [-0.4, -0.2) is 43.7 Å². The minimum atomic E-state index is -0.767. The molecule has 0 amide bonds. The average Bonchev–Trinajstić information content (AvgIpc) is 2.68. The van der Waals surface area contributed by atoms with E-state index in [9.17, 15) is 5.11 Å². The molecule has 0 saturated carbocycles. The molecule has 2 atom stereocenters. The van der Waals surface area contributed by atoms with Gasteiger partial charge in [0.25, 0.3) is 0 Å². The van der Waals surface area contributed by atoms with Gasteiger partial charge in [0, 0.05) is 25.2 Å². The smallest absolute Gasteiger partial charge is 0.0971 e. The predicted octanol–water partition coefficient (Wildman–Crippen LogP) is -0.107. The Balaban J connectivity index is 2.15. The van der Waals surface area contributed by atoms with Crippen molar-refractivity contribution < 1.29 is 14.6 Å². The molecule has 0 aromatic carbocycles. The van der Waals surface area contributed by atoms with E-state index >= 15 is 0 Å². The Morgan fingerprint density at radius 2 is 1.93 bits per heavy atom. The molecule has 0 aromatic rings. The van der Waals surface area contributed by atoms with Gasteiger partial charge in [-0.05, 0) is 19.3 Å². The zero-order chi connectivity index (χ0) is 10.1. The maximum Gasteiger partial charge on any atom is 0.0971 e. The van der Waals surface area contributed by atoms with Gasteiger partial charge in [0.1, 0.15) is 0 Å². The van der Waals surface area contributed by atoms with Gasteiger partial charge in [-0.15, -0.1) is 0 Å². The van der Waals surface area contributed by atoms with Crippen LogP contribution in [0.5, 0.6) is 0 Å². The molecule has 2 aliphatic rings. The number of hydrogen-bond acceptors (Lipinski definition) is 4. The zero-order valence-corrected chi connectivity index (χ0v) is 8.50. The van der Waals surface area contributed by atoms with Crippen molar-refractivity contribution in [1.82, 2.24) is 0 Å². The first-order chi connectivity index (χ1) is 6.72. The van der Waals surface area contributed by atoms with Gasteiger partial charge in [0.05, 0.1) is 18.8 Å². The molecule has 2 saturated heterocycles. The van der Waals surface area contributed by atoms with Crippen LogP contribution in [0.2, 0.25) is 0 Å². The third-order valence-electron chi connectivity index (χ3n) is 3.70. The second-order valence-corrected chi connectivity index (χ2v) is 4.47. The molecule has 0 radical (unpaired) electrons. The maximum atomic E-state index is 10.5. The number of rotatable bonds is 2. The van der Waals surface area contributed by atoms with Gasteiger partial charge in [-0.2, -0.15) is 0 Å². The Kier molecular flexibility index (Phi) is 2.79. The molecule has 4 heteroatoms. The summed E-state index contributed by atoms with van der Waals surface area (Å²) in [7, 11) is 0. The fraction of sp³-hybridized carbons (Fsp3) is 1.00. The van der Waals surface area contributed by atoms with Crippen molar-refractivity contribution in [2.24, 2.45) is 11.1 Å². The second kappa shape index (κ2) is 3.77. The quantitative estimate of drug-likeness (QED) is 0.654. The molecular formula is C10H19NO3. The molecule has 4 nitrogen and oxygen atoms in total. The van der Waals surface area contributed by atoms with Gasteiger partial charge in [0.15, 0.2) is 0 Å². The summed E-state index contributed by atoms with van der Waals surface area (Å²) in [5, 5.41) is 10.5. The highest BCUT2D eigenvalue weighted by Crippen LogP contribution is 2.43. The first-order valence-corrected chi connectivity index (χ1v) is 5.30. The highest BCUT2D eigenvalue weighted by molar-refractivity contribution is 5.02. The second-order valence-electron chi connectivity index (χ2n) is 4.47. The van der Waals surface area contributed by atoms with Crippen LogP contribution >= 0.6 is 0 Å². The first-order valence-electron chi connectivity index (χ1n) is 5.30. The van der Waals surface area contributed by atoms with E-state index in [1.807, 2.05) is 0 Å². The molecule has 2 heterocycles. The number of hydrogen-bond donors (Lipinski definition) is 2. The van der Waals surface area contributed by atoms with E-state index < -0.39 is 5.60 Å². The Hall–Kier alpha value is -0.160. The lowest BCUT2D eigenvalue weighted by atomic mass is 9.68. The van der Waals surface area contributed by atoms with Crippen molar-refractivity contribution in [3.63, 3.8) is 0 Å². The average molecular weight is 201 g/mol.